The van der Waals surface area contributed by atoms with E-state index in [1.807, 2.05) is 13.8 Å². The summed E-state index contributed by atoms with van der Waals surface area (Å²) >= 11 is 0. The molecular weight excluding hydrogens is 236 g/mol. The SMILES string of the molecule is COc1c(C)cnc(CC(NC=O)C(=O)O)c1C. The molecule has 1 amide bonds. The lowest BCUT2D eigenvalue weighted by molar-refractivity contribution is -0.140. The molecule has 6 heteroatoms. The largest absolute Gasteiger partial charge is 0.496 e. The van der Waals surface area contributed by atoms with Crippen molar-refractivity contribution in [1.82, 2.24) is 10.3 Å². The maximum atomic E-state index is 10.9. The van der Waals surface area contributed by atoms with Gasteiger partial charge in [-0.1, -0.05) is 0 Å². The molecule has 1 aromatic heterocycles. The van der Waals surface area contributed by atoms with Gasteiger partial charge in [-0.25, -0.2) is 4.79 Å². The highest BCUT2D eigenvalue weighted by Crippen LogP contribution is 2.24. The van der Waals surface area contributed by atoms with Crippen molar-refractivity contribution in [3.63, 3.8) is 0 Å². The van der Waals surface area contributed by atoms with Gasteiger partial charge in [0.2, 0.25) is 6.41 Å². The van der Waals surface area contributed by atoms with Crippen molar-refractivity contribution in [1.29, 1.82) is 0 Å². The van der Waals surface area contributed by atoms with Crippen molar-refractivity contribution in [2.24, 2.45) is 0 Å². The number of ether oxygens (including phenoxy) is 1. The van der Waals surface area contributed by atoms with Gasteiger partial charge in [0.1, 0.15) is 11.8 Å². The second-order valence-electron chi connectivity index (χ2n) is 3.93. The molecule has 0 aliphatic rings. The lowest BCUT2D eigenvalue weighted by Crippen LogP contribution is -2.38. The standard InChI is InChI=1S/C12H16N2O4/c1-7-5-13-9(8(2)11(7)18-3)4-10(12(16)17)14-6-15/h5-6,10H,4H2,1-3H3,(H,14,15)(H,16,17). The Kier molecular flexibility index (Phi) is 4.65. The molecule has 0 saturated heterocycles. The van der Waals surface area contributed by atoms with Gasteiger partial charge in [0, 0.05) is 29.4 Å². The molecular formula is C12H16N2O4. The number of hydrogen-bond acceptors (Lipinski definition) is 4. The van der Waals surface area contributed by atoms with Crippen LogP contribution in [0.2, 0.25) is 0 Å². The molecule has 1 unspecified atom stereocenters. The molecule has 0 aliphatic heterocycles. The van der Waals surface area contributed by atoms with Gasteiger partial charge in [-0.2, -0.15) is 0 Å². The zero-order chi connectivity index (χ0) is 13.7. The second-order valence-corrected chi connectivity index (χ2v) is 3.93. The average Bonchev–Trinajstić information content (AvgIpc) is 2.32. The number of carboxylic acid groups (broad SMARTS) is 1. The summed E-state index contributed by atoms with van der Waals surface area (Å²) < 4.78 is 5.24. The summed E-state index contributed by atoms with van der Waals surface area (Å²) in [5, 5.41) is 11.2. The number of pyridine rings is 1. The summed E-state index contributed by atoms with van der Waals surface area (Å²) in [5.41, 5.74) is 2.27. The topological polar surface area (TPSA) is 88.5 Å². The summed E-state index contributed by atoms with van der Waals surface area (Å²) in [4.78, 5) is 25.5. The maximum Gasteiger partial charge on any atom is 0.326 e. The van der Waals surface area contributed by atoms with Crippen molar-refractivity contribution >= 4 is 12.4 Å². The quantitative estimate of drug-likeness (QED) is 0.717. The minimum absolute atomic E-state index is 0.122. The predicted molar refractivity (Wildman–Crippen MR) is 64.6 cm³/mol. The number of aryl methyl sites for hydroxylation is 1. The van der Waals surface area contributed by atoms with E-state index in [-0.39, 0.29) is 6.42 Å². The van der Waals surface area contributed by atoms with E-state index in [4.69, 9.17) is 9.84 Å². The number of carboxylic acids is 1. The fourth-order valence-electron chi connectivity index (χ4n) is 1.77. The third-order valence-electron chi connectivity index (χ3n) is 2.71. The molecule has 1 rings (SSSR count). The molecule has 0 aromatic carbocycles. The van der Waals surface area contributed by atoms with Crippen LogP contribution in [0.4, 0.5) is 0 Å². The molecule has 0 bridgehead atoms. The third kappa shape index (κ3) is 2.97. The normalized spacial score (nSPS) is 11.7. The summed E-state index contributed by atoms with van der Waals surface area (Å²) in [5.74, 6) is -0.405. The molecule has 2 N–H and O–H groups in total. The van der Waals surface area contributed by atoms with E-state index in [0.717, 1.165) is 11.1 Å². The van der Waals surface area contributed by atoms with Gasteiger partial charge >= 0.3 is 5.97 Å². The average molecular weight is 252 g/mol. The molecule has 18 heavy (non-hydrogen) atoms. The Labute approximate surface area is 105 Å². The molecule has 0 saturated carbocycles. The Bertz CT molecular complexity index is 460. The van der Waals surface area contributed by atoms with Gasteiger partial charge in [0.15, 0.2) is 0 Å². The first-order valence-corrected chi connectivity index (χ1v) is 5.42. The fourth-order valence-corrected chi connectivity index (χ4v) is 1.77. The number of rotatable bonds is 6. The summed E-state index contributed by atoms with van der Waals surface area (Å²) in [6, 6.07) is -0.985. The van der Waals surface area contributed by atoms with E-state index in [1.165, 1.54) is 0 Å². The number of carbonyl (C=O) groups excluding carboxylic acids is 1. The molecule has 0 spiro atoms. The van der Waals surface area contributed by atoms with Crippen molar-refractivity contribution < 1.29 is 19.4 Å². The molecule has 1 atom stereocenters. The predicted octanol–water partition coefficient (Wildman–Crippen LogP) is 0.449. The van der Waals surface area contributed by atoms with Crippen LogP contribution in [-0.2, 0) is 16.0 Å². The smallest absolute Gasteiger partial charge is 0.326 e. The maximum absolute atomic E-state index is 10.9. The second kappa shape index (κ2) is 6.00. The van der Waals surface area contributed by atoms with E-state index in [2.05, 4.69) is 10.3 Å². The van der Waals surface area contributed by atoms with Gasteiger partial charge in [-0.15, -0.1) is 0 Å². The number of aliphatic carboxylic acids is 1. The van der Waals surface area contributed by atoms with Gasteiger partial charge in [0.25, 0.3) is 0 Å². The Morgan fingerprint density at radius 1 is 1.61 bits per heavy atom. The van der Waals surface area contributed by atoms with Gasteiger partial charge in [-0.05, 0) is 13.8 Å². The van der Waals surface area contributed by atoms with Crippen LogP contribution in [0.5, 0.6) is 5.75 Å². The van der Waals surface area contributed by atoms with Crippen LogP contribution in [0.25, 0.3) is 0 Å². The minimum Gasteiger partial charge on any atom is -0.496 e. The monoisotopic (exact) mass is 252 g/mol. The molecule has 1 aromatic rings. The first-order chi connectivity index (χ1) is 8.51. The van der Waals surface area contributed by atoms with E-state index >= 15 is 0 Å². The van der Waals surface area contributed by atoms with Crippen molar-refractivity contribution in [3.8, 4) is 5.75 Å². The number of methoxy groups -OCH3 is 1. The number of nitrogens with one attached hydrogen (secondary N) is 1. The van der Waals surface area contributed by atoms with Crippen LogP contribution in [0, 0.1) is 13.8 Å². The third-order valence-corrected chi connectivity index (χ3v) is 2.71. The molecule has 0 fully saturated rings. The van der Waals surface area contributed by atoms with Crippen LogP contribution >= 0.6 is 0 Å². The Morgan fingerprint density at radius 2 is 2.28 bits per heavy atom. The number of amides is 1. The first kappa shape index (κ1) is 14.0. The number of carbonyl (C=O) groups is 2. The van der Waals surface area contributed by atoms with Crippen molar-refractivity contribution in [2.45, 2.75) is 26.3 Å². The first-order valence-electron chi connectivity index (χ1n) is 5.42. The number of aromatic nitrogens is 1. The van der Waals surface area contributed by atoms with E-state index < -0.39 is 12.0 Å². The van der Waals surface area contributed by atoms with Crippen LogP contribution in [0.1, 0.15) is 16.8 Å². The molecule has 6 nitrogen and oxygen atoms in total. The van der Waals surface area contributed by atoms with E-state index in [1.54, 1.807) is 13.3 Å². The summed E-state index contributed by atoms with van der Waals surface area (Å²) in [6.45, 7) is 3.68. The fraction of sp³-hybridized carbons (Fsp3) is 0.417. The van der Waals surface area contributed by atoms with Gasteiger partial charge in [0.05, 0.1) is 7.11 Å². The zero-order valence-electron chi connectivity index (χ0n) is 10.6. The Morgan fingerprint density at radius 3 is 2.78 bits per heavy atom. The van der Waals surface area contributed by atoms with Crippen LogP contribution < -0.4 is 10.1 Å². The lowest BCUT2D eigenvalue weighted by Gasteiger charge is -2.15. The van der Waals surface area contributed by atoms with E-state index in [0.29, 0.717) is 17.9 Å². The van der Waals surface area contributed by atoms with E-state index in [9.17, 15) is 9.59 Å². The minimum atomic E-state index is -1.09. The zero-order valence-corrected chi connectivity index (χ0v) is 10.6. The summed E-state index contributed by atoms with van der Waals surface area (Å²) in [7, 11) is 1.55. The molecule has 98 valence electrons. The highest BCUT2D eigenvalue weighted by molar-refractivity contribution is 5.76. The molecule has 0 aliphatic carbocycles. The van der Waals surface area contributed by atoms with Crippen molar-refractivity contribution in [3.05, 3.63) is 23.0 Å². The van der Waals surface area contributed by atoms with Gasteiger partial charge < -0.3 is 15.2 Å². The summed E-state index contributed by atoms with van der Waals surface area (Å²) in [6.07, 6.45) is 2.12. The lowest BCUT2D eigenvalue weighted by atomic mass is 10.0. The van der Waals surface area contributed by atoms with Crippen molar-refractivity contribution in [2.75, 3.05) is 7.11 Å². The molecule has 0 radical (unpaired) electrons. The number of nitrogens with zero attached hydrogens (tertiary/aromatic N) is 1. The van der Waals surface area contributed by atoms with Crippen LogP contribution in [0.3, 0.4) is 0 Å². The van der Waals surface area contributed by atoms with Crippen LogP contribution in [0.15, 0.2) is 6.20 Å². The Balaban J connectivity index is 3.03. The highest BCUT2D eigenvalue weighted by Gasteiger charge is 2.20. The van der Waals surface area contributed by atoms with Gasteiger partial charge in [-0.3, -0.25) is 9.78 Å². The highest BCUT2D eigenvalue weighted by atomic mass is 16.5. The Hall–Kier alpha value is -2.11. The molecule has 1 heterocycles. The number of hydrogen-bond donors (Lipinski definition) is 2. The van der Waals surface area contributed by atoms with Crippen LogP contribution in [-0.4, -0.2) is 35.6 Å².